The third-order valence-electron chi connectivity index (χ3n) is 2.00. The fraction of sp³-hybridized carbons (Fsp3) is 0.300. The number of hydrogen-bond acceptors (Lipinski definition) is 3. The van der Waals surface area contributed by atoms with Gasteiger partial charge in [0.05, 0.1) is 11.3 Å². The standard InChI is InChI=1S/C10H13NO3/c1-2-3-6-4-9(12)8(11)5-7(6)10(13)14/h4-5,12H,2-3,11H2,1H3,(H,13,14). The Morgan fingerprint density at radius 3 is 2.64 bits per heavy atom. The van der Waals surface area contributed by atoms with E-state index in [4.69, 9.17) is 10.8 Å². The molecule has 0 fully saturated rings. The average molecular weight is 195 g/mol. The van der Waals surface area contributed by atoms with Gasteiger partial charge in [0.15, 0.2) is 0 Å². The molecule has 4 heteroatoms. The van der Waals surface area contributed by atoms with Crippen LogP contribution in [0.1, 0.15) is 29.3 Å². The van der Waals surface area contributed by atoms with E-state index in [2.05, 4.69) is 0 Å². The minimum absolute atomic E-state index is 0.0570. The maximum absolute atomic E-state index is 10.8. The van der Waals surface area contributed by atoms with Crippen LogP contribution in [0.4, 0.5) is 5.69 Å². The average Bonchev–Trinajstić information content (AvgIpc) is 2.11. The van der Waals surface area contributed by atoms with E-state index in [1.54, 1.807) is 0 Å². The molecule has 0 heterocycles. The van der Waals surface area contributed by atoms with Crippen molar-refractivity contribution in [2.45, 2.75) is 19.8 Å². The van der Waals surface area contributed by atoms with Gasteiger partial charge >= 0.3 is 5.97 Å². The van der Waals surface area contributed by atoms with Gasteiger partial charge in [0.25, 0.3) is 0 Å². The van der Waals surface area contributed by atoms with Gasteiger partial charge in [0, 0.05) is 0 Å². The quantitative estimate of drug-likeness (QED) is 0.505. The number of phenolic OH excluding ortho intramolecular Hbond substituents is 1. The van der Waals surface area contributed by atoms with Crippen molar-refractivity contribution >= 4 is 11.7 Å². The largest absolute Gasteiger partial charge is 0.506 e. The van der Waals surface area contributed by atoms with Crippen molar-refractivity contribution in [2.75, 3.05) is 5.73 Å². The third kappa shape index (κ3) is 1.96. The lowest BCUT2D eigenvalue weighted by Gasteiger charge is -2.07. The number of carboxylic acid groups (broad SMARTS) is 1. The molecule has 0 spiro atoms. The van der Waals surface area contributed by atoms with Crippen LogP contribution in [0, 0.1) is 0 Å². The summed E-state index contributed by atoms with van der Waals surface area (Å²) < 4.78 is 0. The minimum atomic E-state index is -1.01. The number of benzene rings is 1. The van der Waals surface area contributed by atoms with Crippen molar-refractivity contribution in [2.24, 2.45) is 0 Å². The van der Waals surface area contributed by atoms with Crippen molar-refractivity contribution in [1.82, 2.24) is 0 Å². The highest BCUT2D eigenvalue weighted by Gasteiger charge is 2.12. The summed E-state index contributed by atoms with van der Waals surface area (Å²) in [6.07, 6.45) is 1.44. The van der Waals surface area contributed by atoms with Gasteiger partial charge < -0.3 is 15.9 Å². The second-order valence-corrected chi connectivity index (χ2v) is 3.12. The zero-order chi connectivity index (χ0) is 10.7. The summed E-state index contributed by atoms with van der Waals surface area (Å²) >= 11 is 0. The maximum atomic E-state index is 10.8. The van der Waals surface area contributed by atoms with Crippen LogP contribution in [0.25, 0.3) is 0 Å². The molecule has 0 aliphatic rings. The highest BCUT2D eigenvalue weighted by atomic mass is 16.4. The summed E-state index contributed by atoms with van der Waals surface area (Å²) in [5, 5.41) is 18.2. The Bertz CT molecular complexity index is 361. The van der Waals surface area contributed by atoms with E-state index in [-0.39, 0.29) is 17.0 Å². The summed E-state index contributed by atoms with van der Waals surface area (Å²) in [7, 11) is 0. The number of hydrogen-bond donors (Lipinski definition) is 3. The van der Waals surface area contributed by atoms with Crippen molar-refractivity contribution in [3.05, 3.63) is 23.3 Å². The van der Waals surface area contributed by atoms with Gasteiger partial charge in [0.2, 0.25) is 0 Å². The maximum Gasteiger partial charge on any atom is 0.336 e. The van der Waals surface area contributed by atoms with E-state index in [1.165, 1.54) is 12.1 Å². The highest BCUT2D eigenvalue weighted by Crippen LogP contribution is 2.25. The van der Waals surface area contributed by atoms with Crippen LogP contribution >= 0.6 is 0 Å². The summed E-state index contributed by atoms with van der Waals surface area (Å²) in [5.41, 5.74) is 6.30. The van der Waals surface area contributed by atoms with E-state index in [9.17, 15) is 9.90 Å². The molecule has 0 bridgehead atoms. The van der Waals surface area contributed by atoms with Crippen molar-refractivity contribution in [3.63, 3.8) is 0 Å². The van der Waals surface area contributed by atoms with Gasteiger partial charge in [-0.3, -0.25) is 0 Å². The lowest BCUT2D eigenvalue weighted by atomic mass is 10.0. The number of aryl methyl sites for hydroxylation is 1. The molecule has 76 valence electrons. The molecule has 0 unspecified atom stereocenters. The molecule has 4 N–H and O–H groups in total. The Hall–Kier alpha value is -1.71. The zero-order valence-electron chi connectivity index (χ0n) is 7.95. The second kappa shape index (κ2) is 4.00. The van der Waals surface area contributed by atoms with Crippen LogP contribution in [0.5, 0.6) is 5.75 Å². The van der Waals surface area contributed by atoms with Gasteiger partial charge in [-0.15, -0.1) is 0 Å². The molecule has 0 aliphatic carbocycles. The summed E-state index contributed by atoms with van der Waals surface area (Å²) in [4.78, 5) is 10.8. The lowest BCUT2D eigenvalue weighted by molar-refractivity contribution is 0.0695. The van der Waals surface area contributed by atoms with Crippen molar-refractivity contribution in [1.29, 1.82) is 0 Å². The van der Waals surface area contributed by atoms with E-state index >= 15 is 0 Å². The second-order valence-electron chi connectivity index (χ2n) is 3.12. The smallest absolute Gasteiger partial charge is 0.336 e. The molecule has 0 aliphatic heterocycles. The Kier molecular flexibility index (Phi) is 2.96. The monoisotopic (exact) mass is 195 g/mol. The SMILES string of the molecule is CCCc1cc(O)c(N)cc1C(=O)O. The Morgan fingerprint density at radius 1 is 1.50 bits per heavy atom. The van der Waals surface area contributed by atoms with Crippen LogP contribution in [0.15, 0.2) is 12.1 Å². The summed E-state index contributed by atoms with van der Waals surface area (Å²) in [6, 6.07) is 2.71. The minimum Gasteiger partial charge on any atom is -0.506 e. The molecular formula is C10H13NO3. The topological polar surface area (TPSA) is 83.5 Å². The first-order valence-electron chi connectivity index (χ1n) is 4.41. The van der Waals surface area contributed by atoms with Gasteiger partial charge in [-0.2, -0.15) is 0 Å². The Balaban J connectivity index is 3.24. The number of anilines is 1. The number of phenols is 1. The number of nitrogens with two attached hydrogens (primary N) is 1. The van der Waals surface area contributed by atoms with Gasteiger partial charge in [-0.05, 0) is 24.1 Å². The summed E-state index contributed by atoms with van der Waals surface area (Å²) in [5.74, 6) is -1.07. The number of carbonyl (C=O) groups is 1. The van der Waals surface area contributed by atoms with Crippen LogP contribution in [-0.2, 0) is 6.42 Å². The van der Waals surface area contributed by atoms with Crippen molar-refractivity contribution in [3.8, 4) is 5.75 Å². The van der Waals surface area contributed by atoms with E-state index in [0.29, 0.717) is 12.0 Å². The normalized spacial score (nSPS) is 10.1. The first-order valence-corrected chi connectivity index (χ1v) is 4.41. The third-order valence-corrected chi connectivity index (χ3v) is 2.00. The number of aromatic carboxylic acids is 1. The molecule has 14 heavy (non-hydrogen) atoms. The van der Waals surface area contributed by atoms with Crippen molar-refractivity contribution < 1.29 is 15.0 Å². The Morgan fingerprint density at radius 2 is 2.14 bits per heavy atom. The van der Waals surface area contributed by atoms with E-state index in [0.717, 1.165) is 6.42 Å². The van der Waals surface area contributed by atoms with Crippen LogP contribution < -0.4 is 5.73 Å². The molecule has 0 amide bonds. The number of aromatic hydroxyl groups is 1. The highest BCUT2D eigenvalue weighted by molar-refractivity contribution is 5.91. The van der Waals surface area contributed by atoms with Crippen LogP contribution in [0.2, 0.25) is 0 Å². The fourth-order valence-electron chi connectivity index (χ4n) is 1.32. The summed E-state index contributed by atoms with van der Waals surface area (Å²) in [6.45, 7) is 1.94. The number of nitrogen functional groups attached to an aromatic ring is 1. The van der Waals surface area contributed by atoms with E-state index in [1.807, 2.05) is 6.92 Å². The zero-order valence-corrected chi connectivity index (χ0v) is 7.95. The molecule has 1 aromatic rings. The fourth-order valence-corrected chi connectivity index (χ4v) is 1.32. The van der Waals surface area contributed by atoms with Gasteiger partial charge in [-0.25, -0.2) is 4.79 Å². The van der Waals surface area contributed by atoms with Crippen LogP contribution in [-0.4, -0.2) is 16.2 Å². The first-order chi connectivity index (χ1) is 6.56. The molecule has 0 radical (unpaired) electrons. The molecule has 0 saturated heterocycles. The lowest BCUT2D eigenvalue weighted by Crippen LogP contribution is -2.03. The first kappa shape index (κ1) is 10.4. The number of carboxylic acids is 1. The molecule has 4 nitrogen and oxygen atoms in total. The number of rotatable bonds is 3. The van der Waals surface area contributed by atoms with Gasteiger partial charge in [-0.1, -0.05) is 13.3 Å². The molecule has 1 rings (SSSR count). The van der Waals surface area contributed by atoms with Crippen LogP contribution in [0.3, 0.4) is 0 Å². The molecule has 1 aromatic carbocycles. The molecule has 0 saturated carbocycles. The van der Waals surface area contributed by atoms with E-state index < -0.39 is 5.97 Å². The predicted molar refractivity (Wildman–Crippen MR) is 53.5 cm³/mol. The predicted octanol–water partition coefficient (Wildman–Crippen LogP) is 1.63. The van der Waals surface area contributed by atoms with Gasteiger partial charge in [0.1, 0.15) is 5.75 Å². The molecule has 0 atom stereocenters. The molecule has 0 aromatic heterocycles. The molecular weight excluding hydrogens is 182 g/mol. The Labute approximate surface area is 82.0 Å².